The van der Waals surface area contributed by atoms with Crippen molar-refractivity contribution in [2.75, 3.05) is 49.3 Å². The Morgan fingerprint density at radius 1 is 0.871 bits per heavy atom. The number of morpholine rings is 2. The standard InChI is InChI=1S/C24H29N5O2/c1-16-5-4-6-19(13-16)21-8-7-20-22(25-21)26-24(29-10-12-31-15-18(29)3)27-23(20)28-9-11-30-14-17(28)2/h4-8,13,17-18H,9-12,14-15H2,1-3H3/t17-,18-/m0/s1. The molecule has 2 fully saturated rings. The first-order valence-corrected chi connectivity index (χ1v) is 11.0. The van der Waals surface area contributed by atoms with Crippen LogP contribution in [0.2, 0.25) is 0 Å². The molecule has 0 bridgehead atoms. The average molecular weight is 420 g/mol. The largest absolute Gasteiger partial charge is 0.377 e. The van der Waals surface area contributed by atoms with Gasteiger partial charge in [-0.1, -0.05) is 23.8 Å². The highest BCUT2D eigenvalue weighted by molar-refractivity contribution is 5.90. The molecule has 0 spiro atoms. The highest BCUT2D eigenvalue weighted by atomic mass is 16.5. The van der Waals surface area contributed by atoms with E-state index in [2.05, 4.69) is 67.0 Å². The first-order chi connectivity index (χ1) is 15.1. The number of hydrogen-bond acceptors (Lipinski definition) is 7. The SMILES string of the molecule is Cc1cccc(-c2ccc3c(N4CCOC[C@@H]4C)nc(N4CCOC[C@@H]4C)nc3n2)c1. The van der Waals surface area contributed by atoms with Crippen molar-refractivity contribution in [2.45, 2.75) is 32.9 Å². The van der Waals surface area contributed by atoms with E-state index in [1.54, 1.807) is 0 Å². The number of aromatic nitrogens is 3. The van der Waals surface area contributed by atoms with E-state index in [0.717, 1.165) is 47.1 Å². The Hall–Kier alpha value is -2.77. The van der Waals surface area contributed by atoms with Crippen LogP contribution in [0.15, 0.2) is 36.4 Å². The summed E-state index contributed by atoms with van der Waals surface area (Å²) in [5.41, 5.74) is 3.98. The Morgan fingerprint density at radius 2 is 1.61 bits per heavy atom. The predicted molar refractivity (Wildman–Crippen MR) is 123 cm³/mol. The Labute approximate surface area is 183 Å². The lowest BCUT2D eigenvalue weighted by molar-refractivity contribution is 0.0973. The minimum Gasteiger partial charge on any atom is -0.377 e. The number of rotatable bonds is 3. The Kier molecular flexibility index (Phi) is 5.46. The molecule has 162 valence electrons. The van der Waals surface area contributed by atoms with Crippen LogP contribution < -0.4 is 9.80 Å². The fourth-order valence-corrected chi connectivity index (χ4v) is 4.36. The second-order valence-electron chi connectivity index (χ2n) is 8.52. The number of pyridine rings is 1. The second-order valence-corrected chi connectivity index (χ2v) is 8.52. The van der Waals surface area contributed by atoms with Crippen LogP contribution in [0, 0.1) is 6.92 Å². The van der Waals surface area contributed by atoms with Gasteiger partial charge in [0.2, 0.25) is 5.95 Å². The van der Waals surface area contributed by atoms with E-state index in [1.807, 2.05) is 0 Å². The number of nitrogens with zero attached hydrogens (tertiary/aromatic N) is 5. The van der Waals surface area contributed by atoms with Gasteiger partial charge in [0, 0.05) is 18.7 Å². The molecule has 0 N–H and O–H groups in total. The van der Waals surface area contributed by atoms with Crippen molar-refractivity contribution in [1.29, 1.82) is 0 Å². The quantitative estimate of drug-likeness (QED) is 0.644. The number of fused-ring (bicyclic) bond motifs is 1. The summed E-state index contributed by atoms with van der Waals surface area (Å²) in [6, 6.07) is 13.1. The van der Waals surface area contributed by atoms with Crippen LogP contribution in [0.25, 0.3) is 22.3 Å². The highest BCUT2D eigenvalue weighted by Gasteiger charge is 2.27. The topological polar surface area (TPSA) is 63.6 Å². The van der Waals surface area contributed by atoms with Crippen LogP contribution in [0.4, 0.5) is 11.8 Å². The summed E-state index contributed by atoms with van der Waals surface area (Å²) in [5.74, 6) is 1.67. The summed E-state index contributed by atoms with van der Waals surface area (Å²) in [7, 11) is 0. The van der Waals surface area contributed by atoms with Crippen molar-refractivity contribution in [1.82, 2.24) is 15.0 Å². The van der Waals surface area contributed by atoms with Crippen molar-refractivity contribution in [2.24, 2.45) is 0 Å². The fraction of sp³-hybridized carbons (Fsp3) is 0.458. The van der Waals surface area contributed by atoms with Gasteiger partial charge in [0.05, 0.1) is 49.6 Å². The number of anilines is 2. The van der Waals surface area contributed by atoms with E-state index in [0.29, 0.717) is 26.4 Å². The Morgan fingerprint density at radius 3 is 2.32 bits per heavy atom. The Bertz CT molecular complexity index is 1090. The maximum atomic E-state index is 5.67. The molecule has 7 nitrogen and oxygen atoms in total. The lowest BCUT2D eigenvalue weighted by Gasteiger charge is -2.37. The summed E-state index contributed by atoms with van der Waals surface area (Å²) in [6.45, 7) is 10.8. The lowest BCUT2D eigenvalue weighted by atomic mass is 10.1. The molecule has 2 saturated heterocycles. The molecule has 5 rings (SSSR count). The predicted octanol–water partition coefficient (Wildman–Crippen LogP) is 3.45. The van der Waals surface area contributed by atoms with Crippen molar-refractivity contribution >= 4 is 22.8 Å². The summed E-state index contributed by atoms with van der Waals surface area (Å²) < 4.78 is 11.3. The lowest BCUT2D eigenvalue weighted by Crippen LogP contribution is -2.46. The molecule has 2 aliphatic rings. The van der Waals surface area contributed by atoms with Crippen molar-refractivity contribution in [3.05, 3.63) is 42.0 Å². The molecule has 2 aromatic heterocycles. The maximum Gasteiger partial charge on any atom is 0.229 e. The normalized spacial score (nSPS) is 22.2. The molecule has 1 aromatic carbocycles. The third kappa shape index (κ3) is 3.95. The van der Waals surface area contributed by atoms with Gasteiger partial charge in [-0.15, -0.1) is 0 Å². The van der Waals surface area contributed by atoms with Crippen LogP contribution in [0.5, 0.6) is 0 Å². The third-order valence-corrected chi connectivity index (χ3v) is 6.11. The molecule has 31 heavy (non-hydrogen) atoms. The first-order valence-electron chi connectivity index (χ1n) is 11.0. The van der Waals surface area contributed by atoms with Crippen molar-refractivity contribution < 1.29 is 9.47 Å². The molecular formula is C24H29N5O2. The molecule has 0 aliphatic carbocycles. The highest BCUT2D eigenvalue weighted by Crippen LogP contribution is 2.31. The minimum absolute atomic E-state index is 0.223. The summed E-state index contributed by atoms with van der Waals surface area (Å²) in [6.07, 6.45) is 0. The number of aryl methyl sites for hydroxylation is 1. The van der Waals surface area contributed by atoms with Crippen LogP contribution in [0.1, 0.15) is 19.4 Å². The Balaban J connectivity index is 1.66. The number of benzene rings is 1. The van der Waals surface area contributed by atoms with Crippen molar-refractivity contribution in [3.63, 3.8) is 0 Å². The van der Waals surface area contributed by atoms with Gasteiger partial charge in [0.25, 0.3) is 0 Å². The monoisotopic (exact) mass is 419 g/mol. The van der Waals surface area contributed by atoms with Gasteiger partial charge in [-0.3, -0.25) is 0 Å². The van der Waals surface area contributed by atoms with Gasteiger partial charge in [-0.2, -0.15) is 9.97 Å². The van der Waals surface area contributed by atoms with E-state index in [9.17, 15) is 0 Å². The molecule has 7 heteroatoms. The fourth-order valence-electron chi connectivity index (χ4n) is 4.36. The van der Waals surface area contributed by atoms with E-state index >= 15 is 0 Å². The molecule has 2 atom stereocenters. The maximum absolute atomic E-state index is 5.67. The zero-order chi connectivity index (χ0) is 21.4. The molecule has 0 saturated carbocycles. The van der Waals surface area contributed by atoms with Crippen LogP contribution in [0.3, 0.4) is 0 Å². The minimum atomic E-state index is 0.223. The first kappa shape index (κ1) is 20.2. The number of hydrogen-bond donors (Lipinski definition) is 0. The van der Waals surface area contributed by atoms with E-state index in [4.69, 9.17) is 24.4 Å². The molecule has 4 heterocycles. The molecule has 0 radical (unpaired) electrons. The molecule has 3 aromatic rings. The van der Waals surface area contributed by atoms with Gasteiger partial charge in [0.1, 0.15) is 5.82 Å². The number of ether oxygens (including phenoxy) is 2. The summed E-state index contributed by atoms with van der Waals surface area (Å²) in [4.78, 5) is 19.5. The third-order valence-electron chi connectivity index (χ3n) is 6.11. The van der Waals surface area contributed by atoms with Gasteiger partial charge < -0.3 is 19.3 Å². The van der Waals surface area contributed by atoms with Gasteiger partial charge in [-0.05, 0) is 39.0 Å². The smallest absolute Gasteiger partial charge is 0.229 e. The van der Waals surface area contributed by atoms with E-state index in [-0.39, 0.29) is 12.1 Å². The van der Waals surface area contributed by atoms with Gasteiger partial charge in [-0.25, -0.2) is 4.98 Å². The molecular weight excluding hydrogens is 390 g/mol. The van der Waals surface area contributed by atoms with E-state index in [1.165, 1.54) is 5.56 Å². The van der Waals surface area contributed by atoms with Crippen molar-refractivity contribution in [3.8, 4) is 11.3 Å². The molecule has 0 amide bonds. The summed E-state index contributed by atoms with van der Waals surface area (Å²) >= 11 is 0. The van der Waals surface area contributed by atoms with Crippen LogP contribution in [-0.2, 0) is 9.47 Å². The van der Waals surface area contributed by atoms with Gasteiger partial charge in [0.15, 0.2) is 5.65 Å². The van der Waals surface area contributed by atoms with E-state index < -0.39 is 0 Å². The zero-order valence-corrected chi connectivity index (χ0v) is 18.4. The van der Waals surface area contributed by atoms with Crippen LogP contribution in [-0.4, -0.2) is 66.6 Å². The summed E-state index contributed by atoms with van der Waals surface area (Å²) in [5, 5.41) is 0.981. The zero-order valence-electron chi connectivity index (χ0n) is 18.4. The molecule has 0 unspecified atom stereocenters. The molecule has 2 aliphatic heterocycles. The average Bonchev–Trinajstić information content (AvgIpc) is 2.79. The van der Waals surface area contributed by atoms with Gasteiger partial charge >= 0.3 is 0 Å². The second kappa shape index (κ2) is 8.40. The van der Waals surface area contributed by atoms with Crippen LogP contribution >= 0.6 is 0 Å².